The van der Waals surface area contributed by atoms with Gasteiger partial charge in [0.1, 0.15) is 0 Å². The van der Waals surface area contributed by atoms with Gasteiger partial charge >= 0.3 is 0 Å². The largest absolute Gasteiger partial charge is 0.310 e. The van der Waals surface area contributed by atoms with Gasteiger partial charge < -0.3 is 5.32 Å². The van der Waals surface area contributed by atoms with Crippen molar-refractivity contribution in [3.8, 4) is 0 Å². The average Bonchev–Trinajstić information content (AvgIpc) is 2.99. The van der Waals surface area contributed by atoms with E-state index in [9.17, 15) is 0 Å². The van der Waals surface area contributed by atoms with Crippen molar-refractivity contribution in [2.75, 3.05) is 6.54 Å². The van der Waals surface area contributed by atoms with Gasteiger partial charge in [-0.05, 0) is 61.8 Å². The molecule has 18 heavy (non-hydrogen) atoms. The van der Waals surface area contributed by atoms with Crippen LogP contribution in [-0.4, -0.2) is 6.54 Å². The van der Waals surface area contributed by atoms with Crippen LogP contribution in [-0.2, 0) is 0 Å². The average molecular weight is 262 g/mol. The predicted molar refractivity (Wildman–Crippen MR) is 76.7 cm³/mol. The summed E-state index contributed by atoms with van der Waals surface area (Å²) in [7, 11) is 0. The molecule has 3 unspecified atom stereocenters. The van der Waals surface area contributed by atoms with E-state index in [-0.39, 0.29) is 0 Å². The molecule has 1 fully saturated rings. The number of halogens is 1. The summed E-state index contributed by atoms with van der Waals surface area (Å²) < 4.78 is 0. The molecule has 3 rings (SSSR count). The van der Waals surface area contributed by atoms with Gasteiger partial charge in [0.05, 0.1) is 0 Å². The topological polar surface area (TPSA) is 12.0 Å². The zero-order valence-electron chi connectivity index (χ0n) is 10.8. The maximum atomic E-state index is 5.91. The lowest BCUT2D eigenvalue weighted by molar-refractivity contribution is 0.393. The number of allylic oxidation sites excluding steroid dienone is 2. The highest BCUT2D eigenvalue weighted by molar-refractivity contribution is 6.30. The van der Waals surface area contributed by atoms with Crippen molar-refractivity contribution in [2.45, 2.75) is 25.8 Å². The van der Waals surface area contributed by atoms with E-state index < -0.39 is 0 Å². The van der Waals surface area contributed by atoms with Crippen molar-refractivity contribution in [2.24, 2.45) is 17.8 Å². The van der Waals surface area contributed by atoms with Gasteiger partial charge in [-0.3, -0.25) is 0 Å². The molecule has 0 aliphatic heterocycles. The molecule has 4 atom stereocenters. The Balaban J connectivity index is 1.54. The van der Waals surface area contributed by atoms with E-state index in [0.717, 1.165) is 29.3 Å². The normalized spacial score (nSPS) is 30.9. The fraction of sp³-hybridized carbons (Fsp3) is 0.500. The first-order valence-electron chi connectivity index (χ1n) is 6.89. The smallest absolute Gasteiger partial charge is 0.0406 e. The molecule has 0 radical (unpaired) electrons. The van der Waals surface area contributed by atoms with E-state index in [1.165, 1.54) is 18.4 Å². The SMILES string of the molecule is C[C@@H](NCC1CC2C=CC1C2)c1ccc(Cl)cc1. The van der Waals surface area contributed by atoms with Crippen LogP contribution in [0.3, 0.4) is 0 Å². The molecule has 0 spiro atoms. The van der Waals surface area contributed by atoms with Gasteiger partial charge in [0.2, 0.25) is 0 Å². The van der Waals surface area contributed by atoms with Crippen LogP contribution in [0.1, 0.15) is 31.4 Å². The zero-order chi connectivity index (χ0) is 12.5. The van der Waals surface area contributed by atoms with Crippen LogP contribution in [0.15, 0.2) is 36.4 Å². The van der Waals surface area contributed by atoms with Crippen molar-refractivity contribution in [1.82, 2.24) is 5.32 Å². The van der Waals surface area contributed by atoms with Crippen molar-refractivity contribution < 1.29 is 0 Å². The lowest BCUT2D eigenvalue weighted by atomic mass is 9.93. The number of nitrogens with one attached hydrogen (secondary N) is 1. The van der Waals surface area contributed by atoms with Gasteiger partial charge in [-0.1, -0.05) is 35.9 Å². The molecular weight excluding hydrogens is 242 g/mol. The predicted octanol–water partition coefficient (Wildman–Crippen LogP) is 4.20. The second kappa shape index (κ2) is 5.07. The minimum atomic E-state index is 0.408. The third-order valence-corrected chi connectivity index (χ3v) is 4.72. The number of rotatable bonds is 4. The molecule has 1 aromatic carbocycles. The number of hydrogen-bond donors (Lipinski definition) is 1. The number of hydrogen-bond acceptors (Lipinski definition) is 1. The molecule has 0 heterocycles. The lowest BCUT2D eigenvalue weighted by Crippen LogP contribution is -2.27. The van der Waals surface area contributed by atoms with Crippen LogP contribution in [0.25, 0.3) is 0 Å². The third-order valence-electron chi connectivity index (χ3n) is 4.47. The quantitative estimate of drug-likeness (QED) is 0.801. The van der Waals surface area contributed by atoms with Gasteiger partial charge in [0.25, 0.3) is 0 Å². The maximum absolute atomic E-state index is 5.91. The highest BCUT2D eigenvalue weighted by atomic mass is 35.5. The summed E-state index contributed by atoms with van der Waals surface area (Å²) in [4.78, 5) is 0. The second-order valence-electron chi connectivity index (χ2n) is 5.72. The molecule has 2 aliphatic rings. The second-order valence-corrected chi connectivity index (χ2v) is 6.16. The molecule has 0 saturated heterocycles. The summed E-state index contributed by atoms with van der Waals surface area (Å²) in [5.41, 5.74) is 1.32. The Hall–Kier alpha value is -0.790. The van der Waals surface area contributed by atoms with E-state index in [1.807, 2.05) is 12.1 Å². The van der Waals surface area contributed by atoms with E-state index in [1.54, 1.807) is 0 Å². The highest BCUT2D eigenvalue weighted by Gasteiger charge is 2.35. The molecule has 1 saturated carbocycles. The van der Waals surface area contributed by atoms with Gasteiger partial charge in [0, 0.05) is 11.1 Å². The molecule has 2 bridgehead atoms. The van der Waals surface area contributed by atoms with E-state index in [2.05, 4.69) is 36.5 Å². The summed E-state index contributed by atoms with van der Waals surface area (Å²) in [5, 5.41) is 4.48. The molecule has 0 amide bonds. The van der Waals surface area contributed by atoms with Crippen molar-refractivity contribution in [1.29, 1.82) is 0 Å². The summed E-state index contributed by atoms with van der Waals surface area (Å²) in [6.45, 7) is 3.36. The molecule has 0 aromatic heterocycles. The maximum Gasteiger partial charge on any atom is 0.0406 e. The van der Waals surface area contributed by atoms with Gasteiger partial charge in [-0.25, -0.2) is 0 Å². The summed E-state index contributed by atoms with van der Waals surface area (Å²) in [6, 6.07) is 8.57. The molecule has 2 aliphatic carbocycles. The van der Waals surface area contributed by atoms with Crippen LogP contribution in [0, 0.1) is 17.8 Å². The summed E-state index contributed by atoms with van der Waals surface area (Å²) >= 11 is 5.91. The third kappa shape index (κ3) is 2.48. The monoisotopic (exact) mass is 261 g/mol. The molecular formula is C16H20ClN. The molecule has 1 aromatic rings. The zero-order valence-corrected chi connectivity index (χ0v) is 11.5. The number of benzene rings is 1. The van der Waals surface area contributed by atoms with E-state index in [4.69, 9.17) is 11.6 Å². The van der Waals surface area contributed by atoms with Gasteiger partial charge in [-0.15, -0.1) is 0 Å². The standard InChI is InChI=1S/C16H20ClN/c1-11(13-4-6-16(17)7-5-13)18-10-15-9-12-2-3-14(15)8-12/h2-7,11-12,14-15,18H,8-10H2,1H3/t11-,12?,14?,15?/m1/s1. The molecule has 1 N–H and O–H groups in total. The van der Waals surface area contributed by atoms with Gasteiger partial charge in [0.15, 0.2) is 0 Å². The van der Waals surface area contributed by atoms with Crippen LogP contribution in [0.2, 0.25) is 5.02 Å². The fourth-order valence-electron chi connectivity index (χ4n) is 3.33. The Morgan fingerprint density at radius 2 is 2.00 bits per heavy atom. The van der Waals surface area contributed by atoms with Crippen molar-refractivity contribution in [3.05, 3.63) is 47.0 Å². The van der Waals surface area contributed by atoms with Crippen LogP contribution < -0.4 is 5.32 Å². The van der Waals surface area contributed by atoms with Crippen LogP contribution in [0.4, 0.5) is 0 Å². The summed E-state index contributed by atoms with van der Waals surface area (Å²) in [5.74, 6) is 2.54. The Bertz CT molecular complexity index is 437. The minimum absolute atomic E-state index is 0.408. The molecule has 2 heteroatoms. The Morgan fingerprint density at radius 1 is 1.22 bits per heavy atom. The molecule has 96 valence electrons. The molecule has 1 nitrogen and oxygen atoms in total. The van der Waals surface area contributed by atoms with Crippen molar-refractivity contribution in [3.63, 3.8) is 0 Å². The van der Waals surface area contributed by atoms with Crippen LogP contribution in [0.5, 0.6) is 0 Å². The Kier molecular flexibility index (Phi) is 3.45. The van der Waals surface area contributed by atoms with E-state index in [0.29, 0.717) is 6.04 Å². The first-order chi connectivity index (χ1) is 8.72. The van der Waals surface area contributed by atoms with E-state index >= 15 is 0 Å². The summed E-state index contributed by atoms with van der Waals surface area (Å²) in [6.07, 6.45) is 7.60. The number of fused-ring (bicyclic) bond motifs is 2. The first-order valence-corrected chi connectivity index (χ1v) is 7.27. The minimum Gasteiger partial charge on any atom is -0.310 e. The lowest BCUT2D eigenvalue weighted by Gasteiger charge is -2.22. The van der Waals surface area contributed by atoms with Crippen molar-refractivity contribution >= 4 is 11.6 Å². The first kappa shape index (κ1) is 12.3. The Morgan fingerprint density at radius 3 is 2.61 bits per heavy atom. The van der Waals surface area contributed by atoms with Crippen LogP contribution >= 0.6 is 11.6 Å². The highest BCUT2D eigenvalue weighted by Crippen LogP contribution is 2.43. The van der Waals surface area contributed by atoms with Gasteiger partial charge in [-0.2, -0.15) is 0 Å². The fourth-order valence-corrected chi connectivity index (χ4v) is 3.45. The Labute approximate surface area is 114 Å².